The van der Waals surface area contributed by atoms with Gasteiger partial charge in [-0.15, -0.1) is 0 Å². The number of para-hydroxylation sites is 1. The Hall–Kier alpha value is -2.88. The number of rotatable bonds is 1. The van der Waals surface area contributed by atoms with Gasteiger partial charge in [-0.3, -0.25) is 9.48 Å². The number of nitrogens with zero attached hydrogens (tertiary/aromatic N) is 3. The number of carbonyl (C=O) groups is 1. The Morgan fingerprint density at radius 1 is 1.00 bits per heavy atom. The van der Waals surface area contributed by atoms with Gasteiger partial charge in [0.1, 0.15) is 0 Å². The largest absolute Gasteiger partial charge is 0.304 e. The molecular formula is C22H23N3O. The second kappa shape index (κ2) is 6.13. The van der Waals surface area contributed by atoms with Gasteiger partial charge in [0.25, 0.3) is 5.91 Å². The average Bonchev–Trinajstić information content (AvgIpc) is 2.88. The first-order valence-electron chi connectivity index (χ1n) is 8.93. The quantitative estimate of drug-likeness (QED) is 0.666. The Bertz CT molecular complexity index is 1020. The van der Waals surface area contributed by atoms with Crippen LogP contribution in [0.2, 0.25) is 0 Å². The van der Waals surface area contributed by atoms with Crippen molar-refractivity contribution >= 4 is 11.6 Å². The number of aromatic nitrogens is 2. The van der Waals surface area contributed by atoms with Gasteiger partial charge in [0.2, 0.25) is 0 Å². The van der Waals surface area contributed by atoms with E-state index in [1.165, 1.54) is 16.8 Å². The minimum Gasteiger partial charge on any atom is -0.304 e. The molecule has 0 fully saturated rings. The minimum atomic E-state index is 0.0507. The van der Waals surface area contributed by atoms with Crippen molar-refractivity contribution in [3.8, 4) is 0 Å². The van der Waals surface area contributed by atoms with Crippen molar-refractivity contribution in [1.82, 2.24) is 9.78 Å². The van der Waals surface area contributed by atoms with Gasteiger partial charge in [0, 0.05) is 36.0 Å². The molecule has 0 atom stereocenters. The highest BCUT2D eigenvalue weighted by molar-refractivity contribution is 6.07. The Morgan fingerprint density at radius 3 is 2.58 bits per heavy atom. The van der Waals surface area contributed by atoms with Crippen molar-refractivity contribution in [2.24, 2.45) is 7.05 Å². The van der Waals surface area contributed by atoms with Crippen LogP contribution in [0.15, 0.2) is 42.6 Å². The van der Waals surface area contributed by atoms with Gasteiger partial charge in [-0.1, -0.05) is 24.3 Å². The van der Waals surface area contributed by atoms with Crippen LogP contribution in [0, 0.1) is 20.8 Å². The highest BCUT2D eigenvalue weighted by Gasteiger charge is 2.27. The third-order valence-corrected chi connectivity index (χ3v) is 5.65. The summed E-state index contributed by atoms with van der Waals surface area (Å²) in [6, 6.07) is 12.2. The lowest BCUT2D eigenvalue weighted by molar-refractivity contribution is 0.0984. The molecule has 0 unspecified atom stereocenters. The molecule has 0 N–H and O–H groups in total. The van der Waals surface area contributed by atoms with Crippen molar-refractivity contribution in [2.45, 2.75) is 33.7 Å². The molecule has 0 radical (unpaired) electrons. The summed E-state index contributed by atoms with van der Waals surface area (Å²) in [5, 5.41) is 4.40. The van der Waals surface area contributed by atoms with Gasteiger partial charge in [0.15, 0.2) is 0 Å². The van der Waals surface area contributed by atoms with Crippen LogP contribution in [0.4, 0.5) is 5.69 Å². The van der Waals surface area contributed by atoms with Crippen LogP contribution in [-0.4, -0.2) is 15.7 Å². The zero-order valence-corrected chi connectivity index (χ0v) is 15.7. The summed E-state index contributed by atoms with van der Waals surface area (Å²) in [7, 11) is 1.96. The molecular weight excluding hydrogens is 322 g/mol. The Balaban J connectivity index is 1.85. The predicted octanol–water partition coefficient (Wildman–Crippen LogP) is 4.10. The molecule has 0 spiro atoms. The third kappa shape index (κ3) is 2.53. The fourth-order valence-electron chi connectivity index (χ4n) is 3.74. The maximum Gasteiger partial charge on any atom is 0.258 e. The number of hydrogen-bond donors (Lipinski definition) is 0. The number of hydrogen-bond acceptors (Lipinski definition) is 2. The summed E-state index contributed by atoms with van der Waals surface area (Å²) in [5.74, 6) is 0.0507. The van der Waals surface area contributed by atoms with Crippen LogP contribution in [-0.2, 0) is 20.0 Å². The lowest BCUT2D eigenvalue weighted by Crippen LogP contribution is -2.31. The molecule has 26 heavy (non-hydrogen) atoms. The van der Waals surface area contributed by atoms with Gasteiger partial charge >= 0.3 is 0 Å². The summed E-state index contributed by atoms with van der Waals surface area (Å²) in [5.41, 5.74) is 8.66. The van der Waals surface area contributed by atoms with Gasteiger partial charge in [0.05, 0.1) is 12.7 Å². The number of anilines is 1. The van der Waals surface area contributed by atoms with Gasteiger partial charge in [-0.2, -0.15) is 5.10 Å². The molecule has 0 saturated heterocycles. The van der Waals surface area contributed by atoms with E-state index in [1.807, 2.05) is 60.1 Å². The van der Waals surface area contributed by atoms with Crippen molar-refractivity contribution in [3.05, 3.63) is 81.7 Å². The molecule has 1 aliphatic heterocycles. The van der Waals surface area contributed by atoms with Crippen LogP contribution < -0.4 is 4.90 Å². The maximum atomic E-state index is 13.5. The SMILES string of the molecule is Cc1ccc(C(=O)N2Cc3cnn(C)c3Cc3ccccc32)c(C)c1C. The van der Waals surface area contributed by atoms with Gasteiger partial charge in [-0.05, 0) is 55.2 Å². The van der Waals surface area contributed by atoms with E-state index < -0.39 is 0 Å². The summed E-state index contributed by atoms with van der Waals surface area (Å²) in [4.78, 5) is 15.4. The number of carbonyl (C=O) groups excluding carboxylic acids is 1. The molecule has 2 heterocycles. The fraction of sp³-hybridized carbons (Fsp3) is 0.273. The summed E-state index contributed by atoms with van der Waals surface area (Å²) < 4.78 is 1.92. The standard InChI is InChI=1S/C22H23N3O/c1-14-9-10-19(16(3)15(14)2)22(26)25-13-18-12-23-24(4)21(18)11-17-7-5-6-8-20(17)25/h5-10,12H,11,13H2,1-4H3. The van der Waals surface area contributed by atoms with E-state index >= 15 is 0 Å². The van der Waals surface area contributed by atoms with E-state index in [2.05, 4.69) is 25.0 Å². The lowest BCUT2D eigenvalue weighted by atomic mass is 9.97. The first kappa shape index (κ1) is 16.6. The second-order valence-electron chi connectivity index (χ2n) is 7.12. The van der Waals surface area contributed by atoms with Gasteiger partial charge in [-0.25, -0.2) is 0 Å². The normalized spacial score (nSPS) is 13.2. The zero-order chi connectivity index (χ0) is 18.4. The Morgan fingerprint density at radius 2 is 1.77 bits per heavy atom. The number of aryl methyl sites for hydroxylation is 2. The topological polar surface area (TPSA) is 38.1 Å². The Kier molecular flexibility index (Phi) is 3.91. The molecule has 0 aliphatic carbocycles. The number of benzene rings is 2. The van der Waals surface area contributed by atoms with E-state index in [4.69, 9.17) is 0 Å². The number of fused-ring (bicyclic) bond motifs is 2. The van der Waals surface area contributed by atoms with Crippen molar-refractivity contribution < 1.29 is 4.79 Å². The third-order valence-electron chi connectivity index (χ3n) is 5.65. The average molecular weight is 345 g/mol. The number of amides is 1. The summed E-state index contributed by atoms with van der Waals surface area (Å²) in [6.45, 7) is 6.75. The first-order valence-corrected chi connectivity index (χ1v) is 8.93. The molecule has 132 valence electrons. The molecule has 4 heteroatoms. The molecule has 0 saturated carbocycles. The fourth-order valence-corrected chi connectivity index (χ4v) is 3.74. The van der Waals surface area contributed by atoms with Crippen LogP contribution in [0.3, 0.4) is 0 Å². The molecule has 1 aromatic heterocycles. The van der Waals surface area contributed by atoms with E-state index in [-0.39, 0.29) is 5.91 Å². The van der Waals surface area contributed by atoms with Crippen molar-refractivity contribution in [2.75, 3.05) is 4.90 Å². The van der Waals surface area contributed by atoms with E-state index in [1.54, 1.807) is 0 Å². The summed E-state index contributed by atoms with van der Waals surface area (Å²) >= 11 is 0. The van der Waals surface area contributed by atoms with Crippen molar-refractivity contribution in [3.63, 3.8) is 0 Å². The molecule has 2 aromatic carbocycles. The molecule has 4 nitrogen and oxygen atoms in total. The molecule has 4 rings (SSSR count). The highest BCUT2D eigenvalue weighted by atomic mass is 16.2. The van der Waals surface area contributed by atoms with E-state index in [0.717, 1.165) is 34.4 Å². The highest BCUT2D eigenvalue weighted by Crippen LogP contribution is 2.32. The van der Waals surface area contributed by atoms with Crippen molar-refractivity contribution in [1.29, 1.82) is 0 Å². The predicted molar refractivity (Wildman–Crippen MR) is 104 cm³/mol. The van der Waals surface area contributed by atoms with E-state index in [9.17, 15) is 4.79 Å². The minimum absolute atomic E-state index is 0.0507. The Labute approximate surface area is 154 Å². The zero-order valence-electron chi connectivity index (χ0n) is 15.7. The van der Waals surface area contributed by atoms with Crippen LogP contribution in [0.25, 0.3) is 0 Å². The van der Waals surface area contributed by atoms with Crippen LogP contribution in [0.1, 0.15) is 43.9 Å². The molecule has 0 bridgehead atoms. The molecule has 3 aromatic rings. The first-order chi connectivity index (χ1) is 12.5. The smallest absolute Gasteiger partial charge is 0.258 e. The second-order valence-corrected chi connectivity index (χ2v) is 7.12. The lowest BCUT2D eigenvalue weighted by Gasteiger charge is -2.24. The summed E-state index contributed by atoms with van der Waals surface area (Å²) in [6.07, 6.45) is 2.67. The molecule has 1 amide bonds. The molecule has 1 aliphatic rings. The van der Waals surface area contributed by atoms with E-state index in [0.29, 0.717) is 6.54 Å². The van der Waals surface area contributed by atoms with Crippen LogP contribution >= 0.6 is 0 Å². The monoisotopic (exact) mass is 345 g/mol. The maximum absolute atomic E-state index is 13.5. The van der Waals surface area contributed by atoms with Gasteiger partial charge < -0.3 is 4.90 Å². The van der Waals surface area contributed by atoms with Crippen LogP contribution in [0.5, 0.6) is 0 Å².